The zero-order valence-corrected chi connectivity index (χ0v) is 15.0. The first-order valence-electron chi connectivity index (χ1n) is 7.89. The topological polar surface area (TPSA) is 40.6 Å². The van der Waals surface area contributed by atoms with Gasteiger partial charge in [-0.1, -0.05) is 30.1 Å². The van der Waals surface area contributed by atoms with Crippen molar-refractivity contribution in [3.8, 4) is 0 Å². The molecule has 1 unspecified atom stereocenters. The Hall–Kier alpha value is -1.26. The summed E-state index contributed by atoms with van der Waals surface area (Å²) < 4.78 is 0. The molecule has 1 aliphatic rings. The van der Waals surface area contributed by atoms with Crippen molar-refractivity contribution in [2.24, 2.45) is 5.92 Å². The van der Waals surface area contributed by atoms with Gasteiger partial charge in [-0.15, -0.1) is 0 Å². The van der Waals surface area contributed by atoms with Crippen molar-refractivity contribution in [1.29, 1.82) is 0 Å². The van der Waals surface area contributed by atoms with Crippen LogP contribution in [-0.2, 0) is 9.59 Å². The predicted octanol–water partition coefficient (Wildman–Crippen LogP) is 3.99. The molecule has 0 aliphatic carbocycles. The minimum absolute atomic E-state index is 0.0906. The second kappa shape index (κ2) is 8.02. The van der Waals surface area contributed by atoms with Crippen LogP contribution in [0.25, 0.3) is 0 Å². The van der Waals surface area contributed by atoms with Gasteiger partial charge in [0.1, 0.15) is 0 Å². The van der Waals surface area contributed by atoms with E-state index < -0.39 is 0 Å². The molecule has 1 atom stereocenters. The van der Waals surface area contributed by atoms with E-state index in [0.29, 0.717) is 34.6 Å². The number of carbonyl (C=O) groups excluding carboxylic acids is 2. The molecule has 0 spiro atoms. The van der Waals surface area contributed by atoms with Crippen LogP contribution in [0.3, 0.4) is 0 Å². The average Bonchev–Trinajstić information content (AvgIpc) is 2.48. The number of hydrogen-bond donors (Lipinski definition) is 0. The Balaban J connectivity index is 2.02. The van der Waals surface area contributed by atoms with Gasteiger partial charge < -0.3 is 9.80 Å². The fourth-order valence-corrected chi connectivity index (χ4v) is 3.44. The fourth-order valence-electron chi connectivity index (χ4n) is 2.93. The predicted molar refractivity (Wildman–Crippen MR) is 94.1 cm³/mol. The zero-order chi connectivity index (χ0) is 17.0. The molecular weight excluding hydrogens is 335 g/mol. The number of hydrogen-bond acceptors (Lipinski definition) is 2. The summed E-state index contributed by atoms with van der Waals surface area (Å²) in [6.45, 7) is 5.57. The monoisotopic (exact) mass is 356 g/mol. The van der Waals surface area contributed by atoms with Crippen LogP contribution in [0.15, 0.2) is 18.2 Å². The number of piperidine rings is 1. The molecule has 0 N–H and O–H groups in total. The van der Waals surface area contributed by atoms with E-state index in [1.165, 1.54) is 18.2 Å². The van der Waals surface area contributed by atoms with E-state index in [2.05, 4.69) is 6.92 Å². The molecule has 2 amide bonds. The molecule has 0 bridgehead atoms. The first-order valence-corrected chi connectivity index (χ1v) is 8.65. The highest BCUT2D eigenvalue weighted by molar-refractivity contribution is 6.36. The number of carbonyl (C=O) groups is 2. The van der Waals surface area contributed by atoms with Crippen molar-refractivity contribution in [2.75, 3.05) is 24.5 Å². The Morgan fingerprint density at radius 3 is 2.70 bits per heavy atom. The SMILES string of the molecule is CC(=O)N(CCC(=O)N1CCCC(C)C1)c1ccc(Cl)cc1Cl. The summed E-state index contributed by atoms with van der Waals surface area (Å²) >= 11 is 12.1. The van der Waals surface area contributed by atoms with Crippen molar-refractivity contribution >= 4 is 40.7 Å². The first-order chi connectivity index (χ1) is 10.9. The zero-order valence-electron chi connectivity index (χ0n) is 13.5. The Labute approximate surface area is 147 Å². The van der Waals surface area contributed by atoms with Gasteiger partial charge in [0.05, 0.1) is 10.7 Å². The molecule has 23 heavy (non-hydrogen) atoms. The Morgan fingerprint density at radius 2 is 2.09 bits per heavy atom. The van der Waals surface area contributed by atoms with Crippen LogP contribution in [-0.4, -0.2) is 36.3 Å². The van der Waals surface area contributed by atoms with Gasteiger partial charge >= 0.3 is 0 Å². The average molecular weight is 357 g/mol. The molecule has 1 heterocycles. The Bertz CT molecular complexity index is 592. The van der Waals surface area contributed by atoms with Crippen LogP contribution in [0.2, 0.25) is 10.0 Å². The number of halogens is 2. The molecule has 2 rings (SSSR count). The first kappa shape index (κ1) is 18.1. The van der Waals surface area contributed by atoms with Crippen LogP contribution < -0.4 is 4.90 Å². The van der Waals surface area contributed by atoms with Crippen LogP contribution >= 0.6 is 23.2 Å². The fraction of sp³-hybridized carbons (Fsp3) is 0.529. The molecule has 0 saturated carbocycles. The summed E-state index contributed by atoms with van der Waals surface area (Å²) in [7, 11) is 0. The molecule has 0 aromatic heterocycles. The van der Waals surface area contributed by atoms with Gasteiger partial charge in [0.25, 0.3) is 0 Å². The van der Waals surface area contributed by atoms with Gasteiger partial charge in [0.15, 0.2) is 0 Å². The summed E-state index contributed by atoms with van der Waals surface area (Å²) in [5.41, 5.74) is 0.586. The van der Waals surface area contributed by atoms with E-state index in [1.54, 1.807) is 18.2 Å². The smallest absolute Gasteiger partial charge is 0.224 e. The Morgan fingerprint density at radius 1 is 1.35 bits per heavy atom. The highest BCUT2D eigenvalue weighted by Crippen LogP contribution is 2.29. The minimum Gasteiger partial charge on any atom is -0.342 e. The van der Waals surface area contributed by atoms with Gasteiger partial charge in [-0.3, -0.25) is 9.59 Å². The van der Waals surface area contributed by atoms with Crippen LogP contribution in [0, 0.1) is 5.92 Å². The van der Waals surface area contributed by atoms with Crippen molar-refractivity contribution in [3.05, 3.63) is 28.2 Å². The van der Waals surface area contributed by atoms with Gasteiger partial charge in [-0.25, -0.2) is 0 Å². The third-order valence-electron chi connectivity index (χ3n) is 4.14. The maximum atomic E-state index is 12.4. The van der Waals surface area contributed by atoms with Gasteiger partial charge in [-0.05, 0) is 37.0 Å². The number of likely N-dealkylation sites (tertiary alicyclic amines) is 1. The summed E-state index contributed by atoms with van der Waals surface area (Å²) in [5.74, 6) is 0.490. The lowest BCUT2D eigenvalue weighted by molar-refractivity contribution is -0.132. The molecule has 1 fully saturated rings. The maximum absolute atomic E-state index is 12.4. The third-order valence-corrected chi connectivity index (χ3v) is 4.68. The molecule has 6 heteroatoms. The van der Waals surface area contributed by atoms with Crippen molar-refractivity contribution < 1.29 is 9.59 Å². The normalized spacial score (nSPS) is 17.9. The second-order valence-corrected chi connectivity index (χ2v) is 6.95. The van der Waals surface area contributed by atoms with E-state index in [0.717, 1.165) is 19.5 Å². The van der Waals surface area contributed by atoms with Crippen molar-refractivity contribution in [3.63, 3.8) is 0 Å². The highest BCUT2D eigenvalue weighted by Gasteiger charge is 2.22. The van der Waals surface area contributed by atoms with E-state index >= 15 is 0 Å². The van der Waals surface area contributed by atoms with Gasteiger partial charge in [-0.2, -0.15) is 0 Å². The van der Waals surface area contributed by atoms with Gasteiger partial charge in [0, 0.05) is 38.0 Å². The number of rotatable bonds is 4. The molecular formula is C17H22Cl2N2O2. The lowest BCUT2D eigenvalue weighted by Gasteiger charge is -2.32. The number of nitrogens with zero attached hydrogens (tertiary/aromatic N) is 2. The summed E-state index contributed by atoms with van der Waals surface area (Å²) in [5, 5.41) is 0.923. The lowest BCUT2D eigenvalue weighted by atomic mass is 10.00. The summed E-state index contributed by atoms with van der Waals surface area (Å²) in [6.07, 6.45) is 2.52. The maximum Gasteiger partial charge on any atom is 0.224 e. The molecule has 1 saturated heterocycles. The van der Waals surface area contributed by atoms with Crippen LogP contribution in [0.4, 0.5) is 5.69 Å². The van der Waals surface area contributed by atoms with Gasteiger partial charge in [0.2, 0.25) is 11.8 Å². The van der Waals surface area contributed by atoms with Crippen molar-refractivity contribution in [1.82, 2.24) is 4.90 Å². The van der Waals surface area contributed by atoms with E-state index in [4.69, 9.17) is 23.2 Å². The standard InChI is InChI=1S/C17H22Cl2N2O2/c1-12-4-3-8-20(11-12)17(23)7-9-21(13(2)22)16-6-5-14(18)10-15(16)19/h5-6,10,12H,3-4,7-9,11H2,1-2H3. The molecule has 0 radical (unpaired) electrons. The summed E-state index contributed by atoms with van der Waals surface area (Å²) in [4.78, 5) is 27.7. The molecule has 1 aromatic carbocycles. The lowest BCUT2D eigenvalue weighted by Crippen LogP contribution is -2.41. The molecule has 126 valence electrons. The number of benzene rings is 1. The van der Waals surface area contributed by atoms with E-state index in [1.807, 2.05) is 4.90 Å². The largest absolute Gasteiger partial charge is 0.342 e. The highest BCUT2D eigenvalue weighted by atomic mass is 35.5. The second-order valence-electron chi connectivity index (χ2n) is 6.10. The Kier molecular flexibility index (Phi) is 6.31. The molecule has 1 aliphatic heterocycles. The van der Waals surface area contributed by atoms with Crippen LogP contribution in [0.1, 0.15) is 33.1 Å². The quantitative estimate of drug-likeness (QED) is 0.817. The van der Waals surface area contributed by atoms with Crippen LogP contribution in [0.5, 0.6) is 0 Å². The van der Waals surface area contributed by atoms with E-state index in [9.17, 15) is 9.59 Å². The molecule has 4 nitrogen and oxygen atoms in total. The number of amides is 2. The molecule has 1 aromatic rings. The van der Waals surface area contributed by atoms with E-state index in [-0.39, 0.29) is 11.8 Å². The third kappa shape index (κ3) is 4.85. The summed E-state index contributed by atoms with van der Waals surface area (Å²) in [6, 6.07) is 4.99. The number of anilines is 1. The minimum atomic E-state index is -0.144. The van der Waals surface area contributed by atoms with Crippen molar-refractivity contribution in [2.45, 2.75) is 33.1 Å².